The monoisotopic (exact) mass is 436 g/mol. The van der Waals surface area contributed by atoms with Gasteiger partial charge in [0, 0.05) is 19.0 Å². The molecule has 32 heavy (non-hydrogen) atoms. The number of aliphatic hydroxyl groups excluding tert-OH is 1. The van der Waals surface area contributed by atoms with E-state index in [-0.39, 0.29) is 12.5 Å². The molecule has 2 aromatic carbocycles. The van der Waals surface area contributed by atoms with Crippen LogP contribution in [0.25, 0.3) is 0 Å². The van der Waals surface area contributed by atoms with Crippen LogP contribution in [0.4, 0.5) is 0 Å². The van der Waals surface area contributed by atoms with Crippen LogP contribution in [0.1, 0.15) is 70.5 Å². The lowest BCUT2D eigenvalue weighted by atomic mass is 9.86. The number of imide groups is 1. The number of aliphatic carboxylic acids is 1. The topological polar surface area (TPSA) is 98.2 Å². The lowest BCUT2D eigenvalue weighted by Crippen LogP contribution is -2.57. The third-order valence-corrected chi connectivity index (χ3v) is 6.41. The Morgan fingerprint density at radius 1 is 1.09 bits per heavy atom. The Bertz CT molecular complexity index is 999. The molecule has 168 valence electrons. The van der Waals surface area contributed by atoms with Crippen LogP contribution in [0.15, 0.2) is 48.5 Å². The summed E-state index contributed by atoms with van der Waals surface area (Å²) in [5, 5.41) is 20.0. The van der Waals surface area contributed by atoms with Crippen molar-refractivity contribution in [3.63, 3.8) is 0 Å². The molecular formula is C25H28N2O5. The summed E-state index contributed by atoms with van der Waals surface area (Å²) < 4.78 is 0. The van der Waals surface area contributed by atoms with Crippen LogP contribution in [0.2, 0.25) is 0 Å². The van der Waals surface area contributed by atoms with Crippen LogP contribution in [0, 0.1) is 0 Å². The molecule has 0 saturated carbocycles. The van der Waals surface area contributed by atoms with Crippen LogP contribution in [0.5, 0.6) is 0 Å². The molecule has 1 aliphatic heterocycles. The second-order valence-corrected chi connectivity index (χ2v) is 8.52. The predicted octanol–water partition coefficient (Wildman–Crippen LogP) is 3.23. The number of aliphatic hydroxyl groups is 1. The van der Waals surface area contributed by atoms with Gasteiger partial charge in [-0.1, -0.05) is 36.4 Å². The fraction of sp³-hybridized carbons (Fsp3) is 0.400. The molecule has 4 rings (SSSR count). The Kier molecular flexibility index (Phi) is 6.39. The number of rotatable bonds is 8. The molecule has 2 aliphatic rings. The first-order chi connectivity index (χ1) is 15.4. The number of amides is 2. The third-order valence-electron chi connectivity index (χ3n) is 6.41. The number of benzene rings is 2. The van der Waals surface area contributed by atoms with Crippen molar-refractivity contribution in [3.8, 4) is 0 Å². The molecule has 3 atom stereocenters. The van der Waals surface area contributed by atoms with Crippen molar-refractivity contribution < 1.29 is 24.6 Å². The number of hydrogen-bond acceptors (Lipinski definition) is 5. The average Bonchev–Trinajstić information content (AvgIpc) is 3.03. The first-order valence-corrected chi connectivity index (χ1v) is 11.1. The zero-order valence-electron chi connectivity index (χ0n) is 18.1. The summed E-state index contributed by atoms with van der Waals surface area (Å²) >= 11 is 0. The van der Waals surface area contributed by atoms with Gasteiger partial charge in [0.2, 0.25) is 0 Å². The molecule has 2 N–H and O–H groups in total. The normalized spacial score (nSPS) is 19.6. The minimum Gasteiger partial charge on any atom is -0.481 e. The Morgan fingerprint density at radius 2 is 1.72 bits per heavy atom. The van der Waals surface area contributed by atoms with Gasteiger partial charge in [-0.3, -0.25) is 24.2 Å². The van der Waals surface area contributed by atoms with Crippen molar-refractivity contribution in [2.75, 3.05) is 6.54 Å². The molecule has 0 saturated heterocycles. The van der Waals surface area contributed by atoms with Gasteiger partial charge < -0.3 is 10.2 Å². The van der Waals surface area contributed by atoms with Crippen molar-refractivity contribution in [1.82, 2.24) is 9.80 Å². The Labute approximate surface area is 187 Å². The van der Waals surface area contributed by atoms with Gasteiger partial charge in [0.05, 0.1) is 17.2 Å². The highest BCUT2D eigenvalue weighted by atomic mass is 16.4. The number of carboxylic acid groups (broad SMARTS) is 1. The highest BCUT2D eigenvalue weighted by Crippen LogP contribution is 2.38. The third kappa shape index (κ3) is 4.06. The molecule has 0 fully saturated rings. The fourth-order valence-corrected chi connectivity index (χ4v) is 5.05. The van der Waals surface area contributed by atoms with Gasteiger partial charge in [0.1, 0.15) is 6.17 Å². The van der Waals surface area contributed by atoms with Crippen LogP contribution < -0.4 is 0 Å². The molecule has 0 bridgehead atoms. The minimum absolute atomic E-state index is 0.0283. The van der Waals surface area contributed by atoms with Crippen molar-refractivity contribution in [1.29, 1.82) is 0 Å². The number of carbonyl (C=O) groups is 3. The summed E-state index contributed by atoms with van der Waals surface area (Å²) in [6.07, 6.45) is 1.09. The van der Waals surface area contributed by atoms with Gasteiger partial charge in [0.25, 0.3) is 11.8 Å². The Balaban J connectivity index is 1.74. The fourth-order valence-electron chi connectivity index (χ4n) is 5.05. The lowest BCUT2D eigenvalue weighted by molar-refractivity contribution is -0.137. The number of carbonyl (C=O) groups excluding carboxylic acids is 2. The summed E-state index contributed by atoms with van der Waals surface area (Å²) in [4.78, 5) is 40.8. The molecule has 2 amide bonds. The second-order valence-electron chi connectivity index (χ2n) is 8.52. The molecule has 7 heteroatoms. The van der Waals surface area contributed by atoms with Crippen molar-refractivity contribution in [2.24, 2.45) is 0 Å². The van der Waals surface area contributed by atoms with Crippen molar-refractivity contribution >= 4 is 17.8 Å². The maximum Gasteiger partial charge on any atom is 0.303 e. The number of nitrogens with zero attached hydrogens (tertiary/aromatic N) is 2. The SMILES string of the molecule is CC(O)C(N1C(=O)c2ccccc2C1=O)N(CCCC(=O)O)C1CCCc2ccccc21. The molecule has 7 nitrogen and oxygen atoms in total. The average molecular weight is 437 g/mol. The zero-order valence-corrected chi connectivity index (χ0v) is 18.1. The molecule has 1 heterocycles. The van der Waals surface area contributed by atoms with Crippen LogP contribution in [0.3, 0.4) is 0 Å². The van der Waals surface area contributed by atoms with Gasteiger partial charge in [-0.15, -0.1) is 0 Å². The number of carboxylic acids is 1. The van der Waals surface area contributed by atoms with E-state index in [0.717, 1.165) is 29.7 Å². The highest BCUT2D eigenvalue weighted by Gasteiger charge is 2.46. The number of hydrogen-bond donors (Lipinski definition) is 2. The van der Waals surface area contributed by atoms with E-state index in [9.17, 15) is 19.5 Å². The summed E-state index contributed by atoms with van der Waals surface area (Å²) in [5.41, 5.74) is 2.98. The largest absolute Gasteiger partial charge is 0.481 e. The summed E-state index contributed by atoms with van der Waals surface area (Å²) in [6.45, 7) is 1.92. The quantitative estimate of drug-likeness (QED) is 0.617. The highest BCUT2D eigenvalue weighted by molar-refractivity contribution is 6.21. The second kappa shape index (κ2) is 9.22. The van der Waals surface area contributed by atoms with Gasteiger partial charge in [0.15, 0.2) is 0 Å². The van der Waals surface area contributed by atoms with Crippen LogP contribution in [-0.2, 0) is 11.2 Å². The number of fused-ring (bicyclic) bond motifs is 2. The molecule has 0 spiro atoms. The van der Waals surface area contributed by atoms with Crippen molar-refractivity contribution in [2.45, 2.75) is 57.3 Å². The van der Waals surface area contributed by atoms with Crippen molar-refractivity contribution in [3.05, 3.63) is 70.8 Å². The summed E-state index contributed by atoms with van der Waals surface area (Å²) in [7, 11) is 0. The molecule has 0 aromatic heterocycles. The Morgan fingerprint density at radius 3 is 2.34 bits per heavy atom. The van der Waals surface area contributed by atoms with E-state index in [2.05, 4.69) is 6.07 Å². The van der Waals surface area contributed by atoms with Gasteiger partial charge in [-0.25, -0.2) is 0 Å². The summed E-state index contributed by atoms with van der Waals surface area (Å²) in [6, 6.07) is 14.6. The minimum atomic E-state index is -1.02. The van der Waals surface area contributed by atoms with Crippen LogP contribution in [-0.4, -0.2) is 56.6 Å². The molecule has 1 aliphatic carbocycles. The smallest absolute Gasteiger partial charge is 0.303 e. The van der Waals surface area contributed by atoms with E-state index in [1.165, 1.54) is 5.56 Å². The standard InChI is InChI=1S/C25H28N2O5/c1-16(28)23(27-24(31)19-11-4-5-12-20(19)25(27)32)26(15-7-14-22(29)30)21-13-6-9-17-8-2-3-10-18(17)21/h2-5,8,10-12,16,21,23,28H,6-7,9,13-15H2,1H3,(H,29,30). The van der Waals surface area contributed by atoms with E-state index in [0.29, 0.717) is 24.1 Å². The Hall–Kier alpha value is -3.03. The van der Waals surface area contributed by atoms with Gasteiger partial charge in [-0.05, 0) is 55.9 Å². The first-order valence-electron chi connectivity index (χ1n) is 11.1. The first kappa shape index (κ1) is 22.2. The summed E-state index contributed by atoms with van der Waals surface area (Å²) in [5.74, 6) is -1.75. The van der Waals surface area contributed by atoms with E-state index in [4.69, 9.17) is 5.11 Å². The van der Waals surface area contributed by atoms with Gasteiger partial charge in [-0.2, -0.15) is 0 Å². The van der Waals surface area contributed by atoms with E-state index >= 15 is 0 Å². The number of aryl methyl sites for hydroxylation is 1. The van der Waals surface area contributed by atoms with E-state index in [1.54, 1.807) is 31.2 Å². The molecule has 0 radical (unpaired) electrons. The maximum absolute atomic E-state index is 13.2. The lowest BCUT2D eigenvalue weighted by Gasteiger charge is -2.44. The predicted molar refractivity (Wildman–Crippen MR) is 118 cm³/mol. The van der Waals surface area contributed by atoms with E-state index in [1.807, 2.05) is 23.1 Å². The molecular weight excluding hydrogens is 408 g/mol. The molecule has 3 unspecified atom stereocenters. The maximum atomic E-state index is 13.2. The van der Waals surface area contributed by atoms with Crippen LogP contribution >= 0.6 is 0 Å². The van der Waals surface area contributed by atoms with Gasteiger partial charge >= 0.3 is 5.97 Å². The molecule has 2 aromatic rings. The van der Waals surface area contributed by atoms with E-state index < -0.39 is 30.1 Å². The zero-order chi connectivity index (χ0) is 22.8.